The van der Waals surface area contributed by atoms with E-state index in [0.717, 1.165) is 11.1 Å². The molecule has 1 N–H and O–H groups in total. The molecule has 2 rings (SSSR count). The molecule has 94 valence electrons. The topological polar surface area (TPSA) is 46.2 Å². The number of sulfonamides is 1. The average Bonchev–Trinajstić information content (AvgIpc) is 2.39. The first-order valence-electron chi connectivity index (χ1n) is 5.68. The van der Waals surface area contributed by atoms with Gasteiger partial charge < -0.3 is 0 Å². The van der Waals surface area contributed by atoms with Crippen molar-refractivity contribution in [2.75, 3.05) is 0 Å². The largest absolute Gasteiger partial charge is 0.240 e. The Balaban J connectivity index is 2.08. The smallest absolute Gasteiger partial charge is 0.207 e. The highest BCUT2D eigenvalue weighted by Crippen LogP contribution is 2.09. The Bertz CT molecular complexity index is 604. The SMILES string of the molecule is Cc1ccc(CNS(=O)(=O)c2ccccc2)cc1. The normalized spacial score (nSPS) is 11.4. The number of aryl methyl sites for hydroxylation is 1. The van der Waals surface area contributed by atoms with Crippen LogP contribution in [-0.4, -0.2) is 8.42 Å². The van der Waals surface area contributed by atoms with Gasteiger partial charge >= 0.3 is 0 Å². The van der Waals surface area contributed by atoms with E-state index < -0.39 is 10.0 Å². The third-order valence-corrected chi connectivity index (χ3v) is 4.06. The Labute approximate surface area is 108 Å². The van der Waals surface area contributed by atoms with Crippen molar-refractivity contribution < 1.29 is 8.42 Å². The van der Waals surface area contributed by atoms with Gasteiger partial charge in [-0.15, -0.1) is 0 Å². The summed E-state index contributed by atoms with van der Waals surface area (Å²) in [5.41, 5.74) is 2.10. The molecule has 3 nitrogen and oxygen atoms in total. The zero-order valence-corrected chi connectivity index (χ0v) is 10.9. The summed E-state index contributed by atoms with van der Waals surface area (Å²) in [6.07, 6.45) is 0. The lowest BCUT2D eigenvalue weighted by molar-refractivity contribution is 0.581. The van der Waals surface area contributed by atoms with Crippen LogP contribution in [-0.2, 0) is 16.6 Å². The van der Waals surface area contributed by atoms with Crippen molar-refractivity contribution in [1.29, 1.82) is 0 Å². The fourth-order valence-electron chi connectivity index (χ4n) is 1.57. The van der Waals surface area contributed by atoms with Crippen LogP contribution in [0.1, 0.15) is 11.1 Å². The molecule has 0 saturated carbocycles. The van der Waals surface area contributed by atoms with Crippen molar-refractivity contribution in [2.45, 2.75) is 18.4 Å². The number of hydrogen-bond donors (Lipinski definition) is 1. The number of rotatable bonds is 4. The Hall–Kier alpha value is -1.65. The second-order valence-corrected chi connectivity index (χ2v) is 5.89. The lowest BCUT2D eigenvalue weighted by atomic mass is 10.2. The van der Waals surface area contributed by atoms with Gasteiger partial charge in [0.15, 0.2) is 0 Å². The number of nitrogens with one attached hydrogen (secondary N) is 1. The van der Waals surface area contributed by atoms with Crippen LogP contribution in [0.5, 0.6) is 0 Å². The van der Waals surface area contributed by atoms with E-state index in [0.29, 0.717) is 6.54 Å². The first-order valence-corrected chi connectivity index (χ1v) is 7.16. The fraction of sp³-hybridized carbons (Fsp3) is 0.143. The molecule has 0 bridgehead atoms. The predicted octanol–water partition coefficient (Wildman–Crippen LogP) is 2.47. The molecule has 0 aliphatic heterocycles. The third-order valence-electron chi connectivity index (χ3n) is 2.64. The van der Waals surface area contributed by atoms with Crippen molar-refractivity contribution in [3.8, 4) is 0 Å². The summed E-state index contributed by atoms with van der Waals surface area (Å²) in [5, 5.41) is 0. The number of hydrogen-bond acceptors (Lipinski definition) is 2. The molecule has 0 aliphatic carbocycles. The van der Waals surface area contributed by atoms with E-state index in [1.165, 1.54) is 0 Å². The summed E-state index contributed by atoms with van der Waals surface area (Å²) in [7, 11) is -3.42. The highest BCUT2D eigenvalue weighted by Gasteiger charge is 2.12. The molecule has 0 radical (unpaired) electrons. The predicted molar refractivity (Wildman–Crippen MR) is 71.6 cm³/mol. The van der Waals surface area contributed by atoms with Gasteiger partial charge in [-0.2, -0.15) is 0 Å². The van der Waals surface area contributed by atoms with Gasteiger partial charge in [0, 0.05) is 6.54 Å². The number of benzene rings is 2. The van der Waals surface area contributed by atoms with Gasteiger partial charge in [0.25, 0.3) is 0 Å². The zero-order chi connectivity index (χ0) is 13.0. The average molecular weight is 261 g/mol. The molecule has 4 heteroatoms. The maximum atomic E-state index is 12.0. The van der Waals surface area contributed by atoms with E-state index in [-0.39, 0.29) is 4.90 Å². The molecule has 0 amide bonds. The van der Waals surface area contributed by atoms with Gasteiger partial charge in [0.05, 0.1) is 4.90 Å². The van der Waals surface area contributed by atoms with Crippen LogP contribution in [0.25, 0.3) is 0 Å². The first kappa shape index (κ1) is 12.8. The second-order valence-electron chi connectivity index (χ2n) is 4.12. The molecule has 0 unspecified atom stereocenters. The second kappa shape index (κ2) is 5.33. The minimum atomic E-state index is -3.42. The van der Waals surface area contributed by atoms with Gasteiger partial charge in [-0.3, -0.25) is 0 Å². The standard InChI is InChI=1S/C14H15NO2S/c1-12-7-9-13(10-8-12)11-15-18(16,17)14-5-3-2-4-6-14/h2-10,15H,11H2,1H3. The van der Waals surface area contributed by atoms with E-state index in [9.17, 15) is 8.42 Å². The van der Waals surface area contributed by atoms with Crippen LogP contribution in [0.3, 0.4) is 0 Å². The van der Waals surface area contributed by atoms with Crippen LogP contribution in [0, 0.1) is 6.92 Å². The Morgan fingerprint density at radius 2 is 1.56 bits per heavy atom. The molecule has 0 atom stereocenters. The summed E-state index contributed by atoms with van der Waals surface area (Å²) < 4.78 is 26.5. The van der Waals surface area contributed by atoms with Gasteiger partial charge in [0.2, 0.25) is 10.0 Å². The highest BCUT2D eigenvalue weighted by molar-refractivity contribution is 7.89. The van der Waals surface area contributed by atoms with E-state index in [1.807, 2.05) is 31.2 Å². The molecular formula is C14H15NO2S. The van der Waals surface area contributed by atoms with Crippen molar-refractivity contribution in [2.24, 2.45) is 0 Å². The highest BCUT2D eigenvalue weighted by atomic mass is 32.2. The van der Waals surface area contributed by atoms with Crippen molar-refractivity contribution in [3.63, 3.8) is 0 Å². The molecule has 0 aromatic heterocycles. The third kappa shape index (κ3) is 3.18. The van der Waals surface area contributed by atoms with Crippen molar-refractivity contribution in [1.82, 2.24) is 4.72 Å². The molecule has 0 saturated heterocycles. The summed E-state index contributed by atoms with van der Waals surface area (Å²) >= 11 is 0. The molecule has 0 fully saturated rings. The minimum Gasteiger partial charge on any atom is -0.207 e. The molecule has 0 spiro atoms. The van der Waals surface area contributed by atoms with E-state index in [1.54, 1.807) is 30.3 Å². The minimum absolute atomic E-state index is 0.289. The van der Waals surface area contributed by atoms with Crippen LogP contribution in [0.2, 0.25) is 0 Å². The molecule has 2 aromatic rings. The summed E-state index contributed by atoms with van der Waals surface area (Å²) in [6.45, 7) is 2.30. The van der Waals surface area contributed by atoms with Gasteiger partial charge in [-0.25, -0.2) is 13.1 Å². The molecular weight excluding hydrogens is 246 g/mol. The summed E-state index contributed by atoms with van der Waals surface area (Å²) in [6, 6.07) is 16.1. The molecule has 0 aliphatic rings. The van der Waals surface area contributed by atoms with E-state index >= 15 is 0 Å². The van der Waals surface area contributed by atoms with Crippen LogP contribution in [0.15, 0.2) is 59.5 Å². The quantitative estimate of drug-likeness (QED) is 0.919. The Kier molecular flexibility index (Phi) is 3.79. The van der Waals surface area contributed by atoms with Gasteiger partial charge in [-0.05, 0) is 24.6 Å². The van der Waals surface area contributed by atoms with Crippen LogP contribution in [0.4, 0.5) is 0 Å². The zero-order valence-electron chi connectivity index (χ0n) is 10.1. The fourth-order valence-corrected chi connectivity index (χ4v) is 2.61. The lowest BCUT2D eigenvalue weighted by Gasteiger charge is -2.06. The van der Waals surface area contributed by atoms with Crippen molar-refractivity contribution >= 4 is 10.0 Å². The summed E-state index contributed by atoms with van der Waals surface area (Å²) in [4.78, 5) is 0.289. The molecule has 18 heavy (non-hydrogen) atoms. The van der Waals surface area contributed by atoms with Crippen molar-refractivity contribution in [3.05, 3.63) is 65.7 Å². The van der Waals surface area contributed by atoms with E-state index in [2.05, 4.69) is 4.72 Å². The van der Waals surface area contributed by atoms with Gasteiger partial charge in [0.1, 0.15) is 0 Å². The van der Waals surface area contributed by atoms with E-state index in [4.69, 9.17) is 0 Å². The Morgan fingerprint density at radius 1 is 0.944 bits per heavy atom. The van der Waals surface area contributed by atoms with Crippen LogP contribution >= 0.6 is 0 Å². The van der Waals surface area contributed by atoms with Gasteiger partial charge in [-0.1, -0.05) is 48.0 Å². The maximum Gasteiger partial charge on any atom is 0.240 e. The summed E-state index contributed by atoms with van der Waals surface area (Å²) in [5.74, 6) is 0. The molecule has 0 heterocycles. The Morgan fingerprint density at radius 3 is 2.17 bits per heavy atom. The van der Waals surface area contributed by atoms with Crippen LogP contribution < -0.4 is 4.72 Å². The lowest BCUT2D eigenvalue weighted by Crippen LogP contribution is -2.23. The molecule has 2 aromatic carbocycles. The first-order chi connectivity index (χ1) is 8.58. The monoisotopic (exact) mass is 261 g/mol. The maximum absolute atomic E-state index is 12.0.